The number of sulfonamides is 1. The van der Waals surface area contributed by atoms with Crippen molar-refractivity contribution in [3.63, 3.8) is 0 Å². The molecule has 0 heterocycles. The molecule has 2 aromatic carbocycles. The number of hydrogen-bond donors (Lipinski definition) is 1. The second-order valence-electron chi connectivity index (χ2n) is 5.69. The molecule has 0 aromatic heterocycles. The van der Waals surface area contributed by atoms with Gasteiger partial charge in [0.25, 0.3) is 0 Å². The third-order valence-corrected chi connectivity index (χ3v) is 5.14. The van der Waals surface area contributed by atoms with E-state index >= 15 is 0 Å². The van der Waals surface area contributed by atoms with Gasteiger partial charge in [-0.05, 0) is 36.2 Å². The zero-order valence-electron chi connectivity index (χ0n) is 14.1. The predicted octanol–water partition coefficient (Wildman–Crippen LogP) is 3.37. The van der Waals surface area contributed by atoms with E-state index in [4.69, 9.17) is 11.6 Å². The summed E-state index contributed by atoms with van der Waals surface area (Å²) >= 11 is 5.84. The van der Waals surface area contributed by atoms with Crippen molar-refractivity contribution in [3.8, 4) is 0 Å². The third-order valence-electron chi connectivity index (χ3n) is 3.75. The highest BCUT2D eigenvalue weighted by atomic mass is 35.5. The van der Waals surface area contributed by atoms with Crippen molar-refractivity contribution in [1.29, 1.82) is 0 Å². The molecule has 25 heavy (non-hydrogen) atoms. The zero-order chi connectivity index (χ0) is 18.4. The molecule has 0 fully saturated rings. The van der Waals surface area contributed by atoms with E-state index in [9.17, 15) is 13.2 Å². The van der Waals surface area contributed by atoms with E-state index in [1.54, 1.807) is 24.3 Å². The van der Waals surface area contributed by atoms with E-state index in [2.05, 4.69) is 5.32 Å². The normalized spacial score (nSPS) is 12.4. The summed E-state index contributed by atoms with van der Waals surface area (Å²) in [6.07, 6.45) is 1.78. The first kappa shape index (κ1) is 19.3. The molecule has 0 aliphatic heterocycles. The van der Waals surface area contributed by atoms with E-state index < -0.39 is 10.0 Å². The van der Waals surface area contributed by atoms with Crippen LogP contribution in [0.25, 0.3) is 0 Å². The molecule has 1 atom stereocenters. The van der Waals surface area contributed by atoms with Gasteiger partial charge in [0.2, 0.25) is 15.9 Å². The average molecular weight is 381 g/mol. The zero-order valence-corrected chi connectivity index (χ0v) is 15.7. The minimum absolute atomic E-state index is 0.166. The standard InChI is InChI=1S/C18H21ClN2O3S/c1-3-17(14-7-5-4-6-8-14)20-18(22)13-21(25(2,23)24)16-11-9-15(19)10-12-16/h4-12,17H,3,13H2,1-2H3,(H,20,22)/t17-/m0/s1. The van der Waals surface area contributed by atoms with E-state index in [0.29, 0.717) is 17.1 Å². The number of carbonyl (C=O) groups is 1. The number of amides is 1. The summed E-state index contributed by atoms with van der Waals surface area (Å²) in [5.74, 6) is -0.365. The monoisotopic (exact) mass is 380 g/mol. The minimum Gasteiger partial charge on any atom is -0.348 e. The maximum Gasteiger partial charge on any atom is 0.241 e. The second kappa shape index (κ2) is 8.36. The van der Waals surface area contributed by atoms with E-state index in [0.717, 1.165) is 16.1 Å². The molecule has 2 aromatic rings. The minimum atomic E-state index is -3.60. The Hall–Kier alpha value is -2.05. The molecule has 0 unspecified atom stereocenters. The van der Waals surface area contributed by atoms with Gasteiger partial charge in [0, 0.05) is 5.02 Å². The molecule has 0 spiro atoms. The van der Waals surface area contributed by atoms with Gasteiger partial charge in [-0.15, -0.1) is 0 Å². The van der Waals surface area contributed by atoms with Crippen LogP contribution >= 0.6 is 11.6 Å². The Morgan fingerprint density at radius 1 is 1.12 bits per heavy atom. The summed E-state index contributed by atoms with van der Waals surface area (Å²) in [4.78, 5) is 12.4. The first-order valence-corrected chi connectivity index (χ1v) is 10.1. The third kappa shape index (κ3) is 5.47. The van der Waals surface area contributed by atoms with Crippen LogP contribution in [0.3, 0.4) is 0 Å². The topological polar surface area (TPSA) is 66.5 Å². The van der Waals surface area contributed by atoms with Gasteiger partial charge in [0.1, 0.15) is 6.54 Å². The number of anilines is 1. The smallest absolute Gasteiger partial charge is 0.241 e. The fourth-order valence-electron chi connectivity index (χ4n) is 2.48. The molecule has 0 saturated carbocycles. The molecule has 5 nitrogen and oxygen atoms in total. The van der Waals surface area contributed by atoms with Crippen LogP contribution in [0.15, 0.2) is 54.6 Å². The second-order valence-corrected chi connectivity index (χ2v) is 8.03. The van der Waals surface area contributed by atoms with Gasteiger partial charge in [-0.2, -0.15) is 0 Å². The molecular formula is C18H21ClN2O3S. The highest BCUT2D eigenvalue weighted by molar-refractivity contribution is 7.92. The van der Waals surface area contributed by atoms with Gasteiger partial charge in [0.05, 0.1) is 18.0 Å². The molecule has 1 amide bonds. The van der Waals surface area contributed by atoms with Crippen LogP contribution in [0.5, 0.6) is 0 Å². The Balaban J connectivity index is 2.15. The van der Waals surface area contributed by atoms with Crippen LogP contribution in [0.1, 0.15) is 24.9 Å². The van der Waals surface area contributed by atoms with Gasteiger partial charge in [0.15, 0.2) is 0 Å². The molecule has 0 aliphatic rings. The van der Waals surface area contributed by atoms with Crippen molar-refractivity contribution in [2.75, 3.05) is 17.1 Å². The fourth-order valence-corrected chi connectivity index (χ4v) is 3.47. The van der Waals surface area contributed by atoms with Crippen LogP contribution in [0, 0.1) is 0 Å². The number of nitrogens with one attached hydrogen (secondary N) is 1. The number of carbonyl (C=O) groups excluding carboxylic acids is 1. The van der Waals surface area contributed by atoms with E-state index in [-0.39, 0.29) is 18.5 Å². The van der Waals surface area contributed by atoms with Gasteiger partial charge in [-0.3, -0.25) is 9.10 Å². The largest absolute Gasteiger partial charge is 0.348 e. The quantitative estimate of drug-likeness (QED) is 0.800. The highest BCUT2D eigenvalue weighted by Crippen LogP contribution is 2.21. The molecule has 7 heteroatoms. The molecule has 134 valence electrons. The average Bonchev–Trinajstić information content (AvgIpc) is 2.58. The van der Waals surface area contributed by atoms with Gasteiger partial charge >= 0.3 is 0 Å². The Labute approximate surface area is 153 Å². The van der Waals surface area contributed by atoms with Crippen molar-refractivity contribution in [1.82, 2.24) is 5.32 Å². The van der Waals surface area contributed by atoms with Crippen LogP contribution in [-0.4, -0.2) is 27.1 Å². The van der Waals surface area contributed by atoms with Crippen LogP contribution in [-0.2, 0) is 14.8 Å². The fraction of sp³-hybridized carbons (Fsp3) is 0.278. The molecule has 0 bridgehead atoms. The molecule has 0 radical (unpaired) electrons. The van der Waals surface area contributed by atoms with Crippen LogP contribution < -0.4 is 9.62 Å². The summed E-state index contributed by atoms with van der Waals surface area (Å²) in [7, 11) is -3.60. The first-order valence-electron chi connectivity index (χ1n) is 7.89. The number of hydrogen-bond acceptors (Lipinski definition) is 3. The maximum absolute atomic E-state index is 12.4. The summed E-state index contributed by atoms with van der Waals surface area (Å²) in [6, 6.07) is 15.7. The molecule has 0 saturated heterocycles. The van der Waals surface area contributed by atoms with E-state index in [1.807, 2.05) is 37.3 Å². The van der Waals surface area contributed by atoms with Crippen molar-refractivity contribution in [2.24, 2.45) is 0 Å². The number of benzene rings is 2. The number of rotatable bonds is 7. The van der Waals surface area contributed by atoms with Crippen LogP contribution in [0.2, 0.25) is 5.02 Å². The van der Waals surface area contributed by atoms with Crippen molar-refractivity contribution in [3.05, 3.63) is 65.2 Å². The molecular weight excluding hydrogens is 360 g/mol. The Morgan fingerprint density at radius 3 is 2.24 bits per heavy atom. The van der Waals surface area contributed by atoms with Crippen LogP contribution in [0.4, 0.5) is 5.69 Å². The summed E-state index contributed by atoms with van der Waals surface area (Å²) < 4.78 is 25.2. The summed E-state index contributed by atoms with van der Waals surface area (Å²) in [5, 5.41) is 3.39. The highest BCUT2D eigenvalue weighted by Gasteiger charge is 2.22. The molecule has 2 rings (SSSR count). The summed E-state index contributed by atoms with van der Waals surface area (Å²) in [5.41, 5.74) is 1.38. The van der Waals surface area contributed by atoms with Gasteiger partial charge in [-0.1, -0.05) is 48.9 Å². The molecule has 1 N–H and O–H groups in total. The first-order chi connectivity index (χ1) is 11.8. The lowest BCUT2D eigenvalue weighted by Gasteiger charge is -2.24. The van der Waals surface area contributed by atoms with Crippen molar-refractivity contribution >= 4 is 33.2 Å². The van der Waals surface area contributed by atoms with Gasteiger partial charge < -0.3 is 5.32 Å². The summed E-state index contributed by atoms with van der Waals surface area (Å²) in [6.45, 7) is 1.68. The Kier molecular flexibility index (Phi) is 6.45. The molecule has 0 aliphatic carbocycles. The number of nitrogens with zero attached hydrogens (tertiary/aromatic N) is 1. The SMILES string of the molecule is CC[C@H](NC(=O)CN(c1ccc(Cl)cc1)S(C)(=O)=O)c1ccccc1. The Morgan fingerprint density at radius 2 is 1.72 bits per heavy atom. The Bertz CT molecular complexity index is 808. The van der Waals surface area contributed by atoms with Crippen molar-refractivity contribution < 1.29 is 13.2 Å². The predicted molar refractivity (Wildman–Crippen MR) is 101 cm³/mol. The lowest BCUT2D eigenvalue weighted by Crippen LogP contribution is -2.41. The lowest BCUT2D eigenvalue weighted by atomic mass is 10.0. The van der Waals surface area contributed by atoms with E-state index in [1.165, 1.54) is 0 Å². The lowest BCUT2D eigenvalue weighted by molar-refractivity contribution is -0.120. The maximum atomic E-state index is 12.4. The van der Waals surface area contributed by atoms with Crippen molar-refractivity contribution in [2.45, 2.75) is 19.4 Å². The van der Waals surface area contributed by atoms with Gasteiger partial charge in [-0.25, -0.2) is 8.42 Å². The number of halogens is 1.